The maximum Gasteiger partial charge on any atom is 0.168 e. The quantitative estimate of drug-likeness (QED) is 0.467. The molecular weight excluding hydrogens is 428 g/mol. The van der Waals surface area contributed by atoms with Crippen LogP contribution in [0, 0.1) is 35.0 Å². The molecule has 0 amide bonds. The molecule has 5 fully saturated rings. The minimum Gasteiger partial charge on any atom is -0.390 e. The Morgan fingerprint density at radius 3 is 2.53 bits per heavy atom. The van der Waals surface area contributed by atoms with Gasteiger partial charge in [-0.3, -0.25) is 0 Å². The number of benzene rings is 1. The zero-order chi connectivity index (χ0) is 23.4. The molecule has 5 aliphatic rings. The van der Waals surface area contributed by atoms with E-state index in [1.54, 1.807) is 0 Å². The molecule has 5 heteroatoms. The molecule has 1 aromatic rings. The fourth-order valence-electron chi connectivity index (χ4n) is 8.86. The van der Waals surface area contributed by atoms with Gasteiger partial charge in [-0.15, -0.1) is 0 Å². The molecule has 4 aliphatic carbocycles. The highest BCUT2D eigenvalue weighted by atomic mass is 16.7. The van der Waals surface area contributed by atoms with Gasteiger partial charge in [0.15, 0.2) is 5.79 Å². The van der Waals surface area contributed by atoms with Crippen LogP contribution in [0.15, 0.2) is 30.3 Å². The van der Waals surface area contributed by atoms with Crippen molar-refractivity contribution in [3.63, 3.8) is 0 Å². The highest BCUT2D eigenvalue weighted by Crippen LogP contribution is 2.66. The zero-order valence-corrected chi connectivity index (χ0v) is 20.9. The molecule has 8 atom stereocenters. The zero-order valence-electron chi connectivity index (χ0n) is 20.9. The lowest BCUT2D eigenvalue weighted by atomic mass is 9.48. The van der Waals surface area contributed by atoms with Crippen LogP contribution in [0.1, 0.15) is 70.8 Å². The number of hydrogen-bond acceptors (Lipinski definition) is 5. The molecule has 4 saturated carbocycles. The highest BCUT2D eigenvalue weighted by Gasteiger charge is 2.64. The third-order valence-corrected chi connectivity index (χ3v) is 10.8. The van der Waals surface area contributed by atoms with E-state index in [-0.39, 0.29) is 17.3 Å². The third kappa shape index (κ3) is 3.87. The number of ether oxygens (including phenoxy) is 4. The lowest BCUT2D eigenvalue weighted by molar-refractivity contribution is -0.235. The summed E-state index contributed by atoms with van der Waals surface area (Å²) in [5.41, 5.74) is 0.589. The van der Waals surface area contributed by atoms with Gasteiger partial charge in [-0.2, -0.15) is 0 Å². The maximum atomic E-state index is 11.3. The molecule has 1 spiro atoms. The van der Waals surface area contributed by atoms with E-state index in [0.29, 0.717) is 37.1 Å². The smallest absolute Gasteiger partial charge is 0.168 e. The van der Waals surface area contributed by atoms with E-state index in [2.05, 4.69) is 26.0 Å². The molecule has 1 heterocycles. The van der Waals surface area contributed by atoms with Gasteiger partial charge in [-0.25, -0.2) is 0 Å². The van der Waals surface area contributed by atoms with Crippen molar-refractivity contribution in [3.05, 3.63) is 35.9 Å². The minimum absolute atomic E-state index is 0.0128. The standard InChI is InChI=1S/C29H42O5/c1-27-11-8-23-22-9-13-29(33-14-15-34-29)17-21(22)16-25(26(23)24(27)10-12-28(27,2)30)32-19-31-18-20-6-4-3-5-7-20/h3-7,21-26,30H,8-19H2,1-2H3/t21-,22-,23+,24-,25-,26+,27-,28-/m0/s1. The summed E-state index contributed by atoms with van der Waals surface area (Å²) < 4.78 is 24.9. The second-order valence-corrected chi connectivity index (χ2v) is 12.3. The van der Waals surface area contributed by atoms with Crippen molar-refractivity contribution < 1.29 is 24.1 Å². The lowest BCUT2D eigenvalue weighted by Crippen LogP contribution is -2.58. The molecular formula is C29H42O5. The van der Waals surface area contributed by atoms with Gasteiger partial charge in [0.1, 0.15) is 6.79 Å². The molecule has 0 bridgehead atoms. The second kappa shape index (κ2) is 8.85. The van der Waals surface area contributed by atoms with E-state index in [4.69, 9.17) is 18.9 Å². The van der Waals surface area contributed by atoms with Crippen molar-refractivity contribution >= 4 is 0 Å². The maximum absolute atomic E-state index is 11.3. The van der Waals surface area contributed by atoms with Gasteiger partial charge >= 0.3 is 0 Å². The Bertz CT molecular complexity index is 849. The summed E-state index contributed by atoms with van der Waals surface area (Å²) in [5.74, 6) is 2.67. The normalized spacial score (nSPS) is 45.0. The molecule has 0 radical (unpaired) electrons. The monoisotopic (exact) mass is 470 g/mol. The van der Waals surface area contributed by atoms with E-state index in [9.17, 15) is 5.11 Å². The summed E-state index contributed by atoms with van der Waals surface area (Å²) in [6.45, 7) is 6.80. The van der Waals surface area contributed by atoms with E-state index in [1.807, 2.05) is 18.2 Å². The Morgan fingerprint density at radius 2 is 1.74 bits per heavy atom. The first-order valence-corrected chi connectivity index (χ1v) is 13.6. The van der Waals surface area contributed by atoms with Gasteiger partial charge in [0, 0.05) is 12.8 Å². The molecule has 0 unspecified atom stereocenters. The van der Waals surface area contributed by atoms with Crippen LogP contribution in [0.4, 0.5) is 0 Å². The Morgan fingerprint density at radius 1 is 0.971 bits per heavy atom. The third-order valence-electron chi connectivity index (χ3n) is 10.8. The first-order chi connectivity index (χ1) is 16.4. The van der Waals surface area contributed by atoms with Crippen molar-refractivity contribution in [2.75, 3.05) is 20.0 Å². The molecule has 5 nitrogen and oxygen atoms in total. The van der Waals surface area contributed by atoms with Gasteiger partial charge < -0.3 is 24.1 Å². The van der Waals surface area contributed by atoms with Crippen LogP contribution in [0.3, 0.4) is 0 Å². The Kier molecular flexibility index (Phi) is 6.09. The van der Waals surface area contributed by atoms with Crippen LogP contribution < -0.4 is 0 Å². The van der Waals surface area contributed by atoms with Gasteiger partial charge in [0.25, 0.3) is 0 Å². The molecule has 188 valence electrons. The van der Waals surface area contributed by atoms with Crippen molar-refractivity contribution in [2.45, 2.75) is 89.3 Å². The Labute approximate surface area is 204 Å². The van der Waals surface area contributed by atoms with E-state index >= 15 is 0 Å². The van der Waals surface area contributed by atoms with E-state index < -0.39 is 5.60 Å². The summed E-state index contributed by atoms with van der Waals surface area (Å²) >= 11 is 0. The van der Waals surface area contributed by atoms with Crippen LogP contribution in [0.5, 0.6) is 0 Å². The minimum atomic E-state index is -0.573. The largest absolute Gasteiger partial charge is 0.390 e. The molecule has 6 rings (SSSR count). The summed E-state index contributed by atoms with van der Waals surface area (Å²) in [6.07, 6.45) is 8.83. The average molecular weight is 471 g/mol. The van der Waals surface area contributed by atoms with E-state index in [0.717, 1.165) is 57.7 Å². The predicted octanol–water partition coefficient (Wildman–Crippen LogP) is 5.30. The number of rotatable bonds is 5. The summed E-state index contributed by atoms with van der Waals surface area (Å²) in [4.78, 5) is 0. The number of hydrogen-bond donors (Lipinski definition) is 1. The van der Waals surface area contributed by atoms with Gasteiger partial charge in [0.2, 0.25) is 0 Å². The van der Waals surface area contributed by atoms with Gasteiger partial charge in [-0.1, -0.05) is 37.3 Å². The molecule has 0 aromatic heterocycles. The summed E-state index contributed by atoms with van der Waals surface area (Å²) in [5, 5.41) is 11.3. The molecule has 1 aliphatic heterocycles. The summed E-state index contributed by atoms with van der Waals surface area (Å²) in [7, 11) is 0. The van der Waals surface area contributed by atoms with Crippen LogP contribution in [-0.2, 0) is 25.6 Å². The second-order valence-electron chi connectivity index (χ2n) is 12.3. The van der Waals surface area contributed by atoms with Crippen molar-refractivity contribution in [1.82, 2.24) is 0 Å². The van der Waals surface area contributed by atoms with Crippen LogP contribution >= 0.6 is 0 Å². The predicted molar refractivity (Wildman–Crippen MR) is 129 cm³/mol. The Balaban J connectivity index is 1.21. The van der Waals surface area contributed by atoms with Crippen LogP contribution in [-0.4, -0.2) is 42.6 Å². The van der Waals surface area contributed by atoms with Crippen LogP contribution in [0.2, 0.25) is 0 Å². The Hall–Kier alpha value is -0.980. The molecule has 1 saturated heterocycles. The van der Waals surface area contributed by atoms with Gasteiger partial charge in [0.05, 0.1) is 31.5 Å². The first-order valence-electron chi connectivity index (χ1n) is 13.6. The lowest BCUT2D eigenvalue weighted by Gasteiger charge is -2.59. The number of aliphatic hydroxyl groups is 1. The van der Waals surface area contributed by atoms with Gasteiger partial charge in [-0.05, 0) is 86.0 Å². The number of fused-ring (bicyclic) bond motifs is 5. The fourth-order valence-corrected chi connectivity index (χ4v) is 8.86. The van der Waals surface area contributed by atoms with Crippen LogP contribution in [0.25, 0.3) is 0 Å². The fraction of sp³-hybridized carbons (Fsp3) is 0.793. The molecule has 1 N–H and O–H groups in total. The van der Waals surface area contributed by atoms with Crippen molar-refractivity contribution in [2.24, 2.45) is 35.0 Å². The van der Waals surface area contributed by atoms with Crippen molar-refractivity contribution in [3.8, 4) is 0 Å². The first kappa shape index (κ1) is 23.4. The average Bonchev–Trinajstić information content (AvgIpc) is 3.38. The SMILES string of the molecule is C[C@]1(O)CC[C@H]2[C@H]3[C@H](CC[C@@]21C)[C@H]1CCC2(C[C@@H]1C[C@@H]3OCOCc1ccccc1)OCCO2. The van der Waals surface area contributed by atoms with Crippen molar-refractivity contribution in [1.29, 1.82) is 0 Å². The molecule has 34 heavy (non-hydrogen) atoms. The highest BCUT2D eigenvalue weighted by molar-refractivity contribution is 5.14. The van der Waals surface area contributed by atoms with E-state index in [1.165, 1.54) is 18.4 Å². The molecule has 1 aromatic carbocycles. The summed E-state index contributed by atoms with van der Waals surface area (Å²) in [6, 6.07) is 10.3. The topological polar surface area (TPSA) is 57.2 Å².